The number of aliphatic hydroxyl groups excluding tert-OH is 1. The third-order valence-electron chi connectivity index (χ3n) is 1.78. The maximum atomic E-state index is 9.27. The van der Waals surface area contributed by atoms with Gasteiger partial charge in [0.2, 0.25) is 6.29 Å². The van der Waals surface area contributed by atoms with Crippen LogP contribution in [-0.4, -0.2) is 5.11 Å². The predicted octanol–water partition coefficient (Wildman–Crippen LogP) is 1.68. The summed E-state index contributed by atoms with van der Waals surface area (Å²) in [6.07, 6.45) is -0.821. The van der Waals surface area contributed by atoms with Gasteiger partial charge in [-0.05, 0) is 0 Å². The van der Waals surface area contributed by atoms with Crippen LogP contribution < -0.4 is 0 Å². The van der Waals surface area contributed by atoms with Crippen LogP contribution >= 0.6 is 0 Å². The van der Waals surface area contributed by atoms with E-state index in [2.05, 4.69) is 6.58 Å². The topological polar surface area (TPSA) is 29.5 Å². The highest BCUT2D eigenvalue weighted by atomic mass is 16.6. The summed E-state index contributed by atoms with van der Waals surface area (Å²) in [5, 5.41) is 9.27. The van der Waals surface area contributed by atoms with Gasteiger partial charge in [-0.15, -0.1) is 0 Å². The van der Waals surface area contributed by atoms with Gasteiger partial charge in [-0.3, -0.25) is 0 Å². The maximum Gasteiger partial charge on any atom is 0.224 e. The molecule has 0 saturated heterocycles. The molecule has 1 heterocycles. The van der Waals surface area contributed by atoms with Crippen molar-refractivity contribution in [2.24, 2.45) is 0 Å². The molecule has 0 spiro atoms. The molecule has 0 amide bonds. The highest BCUT2D eigenvalue weighted by molar-refractivity contribution is 5.64. The molecule has 11 heavy (non-hydrogen) atoms. The molecule has 1 N–H and O–H groups in total. The third-order valence-corrected chi connectivity index (χ3v) is 1.78. The minimum atomic E-state index is -0.821. The largest absolute Gasteiger partial charge is 0.461 e. The zero-order chi connectivity index (χ0) is 7.84. The van der Waals surface area contributed by atoms with E-state index in [1.807, 2.05) is 24.3 Å². The van der Waals surface area contributed by atoms with Crippen molar-refractivity contribution in [3.05, 3.63) is 42.0 Å². The second-order valence-electron chi connectivity index (χ2n) is 2.48. The Morgan fingerprint density at radius 2 is 2.09 bits per heavy atom. The standard InChI is InChI=1S/C9H8O2/c1-6-7-4-2-3-5-8(7)9(10)11-6/h2-5,9-10H,1H2. The molecule has 2 nitrogen and oxygen atoms in total. The van der Waals surface area contributed by atoms with Crippen LogP contribution in [0.4, 0.5) is 0 Å². The minimum Gasteiger partial charge on any atom is -0.461 e. The van der Waals surface area contributed by atoms with Crippen LogP contribution in [0.1, 0.15) is 17.4 Å². The third kappa shape index (κ3) is 0.835. The summed E-state index contributed by atoms with van der Waals surface area (Å²) in [5.41, 5.74) is 1.71. The van der Waals surface area contributed by atoms with Gasteiger partial charge in [0.25, 0.3) is 0 Å². The maximum absolute atomic E-state index is 9.27. The second-order valence-corrected chi connectivity index (χ2v) is 2.48. The lowest BCUT2D eigenvalue weighted by Gasteiger charge is -2.00. The van der Waals surface area contributed by atoms with Crippen molar-refractivity contribution >= 4 is 5.76 Å². The number of ether oxygens (including phenoxy) is 1. The molecule has 1 unspecified atom stereocenters. The van der Waals surface area contributed by atoms with Crippen molar-refractivity contribution in [1.82, 2.24) is 0 Å². The van der Waals surface area contributed by atoms with E-state index in [-0.39, 0.29) is 0 Å². The van der Waals surface area contributed by atoms with Crippen molar-refractivity contribution in [2.45, 2.75) is 6.29 Å². The highest BCUT2D eigenvalue weighted by Crippen LogP contribution is 2.34. The Bertz CT molecular complexity index is 304. The average molecular weight is 148 g/mol. The lowest BCUT2D eigenvalue weighted by molar-refractivity contribution is -0.0292. The molecule has 0 aliphatic carbocycles. The van der Waals surface area contributed by atoms with E-state index in [0.29, 0.717) is 5.76 Å². The quantitative estimate of drug-likeness (QED) is 0.606. The molecule has 1 aliphatic heterocycles. The molecule has 56 valence electrons. The minimum absolute atomic E-state index is 0.549. The van der Waals surface area contributed by atoms with Crippen LogP contribution in [0.5, 0.6) is 0 Å². The Morgan fingerprint density at radius 1 is 1.36 bits per heavy atom. The average Bonchev–Trinajstić information content (AvgIpc) is 2.30. The van der Waals surface area contributed by atoms with Gasteiger partial charge in [0, 0.05) is 11.1 Å². The van der Waals surface area contributed by atoms with E-state index in [1.165, 1.54) is 0 Å². The Labute approximate surface area is 64.7 Å². The molecule has 2 heteroatoms. The van der Waals surface area contributed by atoms with Crippen LogP contribution in [0.25, 0.3) is 5.76 Å². The van der Waals surface area contributed by atoms with Crippen molar-refractivity contribution in [3.63, 3.8) is 0 Å². The van der Waals surface area contributed by atoms with E-state index in [0.717, 1.165) is 11.1 Å². The number of hydrogen-bond acceptors (Lipinski definition) is 2. The smallest absolute Gasteiger partial charge is 0.224 e. The second kappa shape index (κ2) is 2.10. The van der Waals surface area contributed by atoms with Crippen molar-refractivity contribution in [1.29, 1.82) is 0 Å². The summed E-state index contributed by atoms with van der Waals surface area (Å²) in [7, 11) is 0. The number of hydrogen-bond donors (Lipinski definition) is 1. The number of benzene rings is 1. The number of fused-ring (bicyclic) bond motifs is 1. The summed E-state index contributed by atoms with van der Waals surface area (Å²) in [6, 6.07) is 7.47. The molecule has 0 saturated carbocycles. The lowest BCUT2D eigenvalue weighted by atomic mass is 10.1. The van der Waals surface area contributed by atoms with Crippen LogP contribution in [0.15, 0.2) is 30.8 Å². The van der Waals surface area contributed by atoms with Crippen molar-refractivity contribution in [2.75, 3.05) is 0 Å². The fraction of sp³-hybridized carbons (Fsp3) is 0.111. The molecule has 1 aliphatic rings. The van der Waals surface area contributed by atoms with E-state index in [4.69, 9.17) is 4.74 Å². The van der Waals surface area contributed by atoms with Gasteiger partial charge in [0.05, 0.1) is 0 Å². The molecule has 1 aromatic carbocycles. The van der Waals surface area contributed by atoms with Gasteiger partial charge in [-0.25, -0.2) is 0 Å². The number of aliphatic hydroxyl groups is 1. The molecule has 0 bridgehead atoms. The molecule has 0 radical (unpaired) electrons. The van der Waals surface area contributed by atoms with Gasteiger partial charge in [0.15, 0.2) is 0 Å². The van der Waals surface area contributed by atoms with Gasteiger partial charge < -0.3 is 9.84 Å². The fourth-order valence-corrected chi connectivity index (χ4v) is 1.23. The van der Waals surface area contributed by atoms with Gasteiger partial charge >= 0.3 is 0 Å². The Kier molecular flexibility index (Phi) is 1.23. The Balaban J connectivity index is 2.60. The summed E-state index contributed by atoms with van der Waals surface area (Å²) in [5.74, 6) is 0.549. The van der Waals surface area contributed by atoms with E-state index >= 15 is 0 Å². The van der Waals surface area contributed by atoms with Gasteiger partial charge in [0.1, 0.15) is 5.76 Å². The Morgan fingerprint density at radius 3 is 2.82 bits per heavy atom. The van der Waals surface area contributed by atoms with Crippen molar-refractivity contribution in [3.8, 4) is 0 Å². The SMILES string of the molecule is C=C1OC(O)c2ccccc21. The van der Waals surface area contributed by atoms with Crippen LogP contribution in [-0.2, 0) is 4.74 Å². The molecular weight excluding hydrogens is 140 g/mol. The van der Waals surface area contributed by atoms with Crippen LogP contribution in [0, 0.1) is 0 Å². The summed E-state index contributed by atoms with van der Waals surface area (Å²) < 4.78 is 4.99. The molecule has 2 rings (SSSR count). The first-order valence-electron chi connectivity index (χ1n) is 3.42. The van der Waals surface area contributed by atoms with E-state index < -0.39 is 6.29 Å². The van der Waals surface area contributed by atoms with Crippen LogP contribution in [0.2, 0.25) is 0 Å². The molecule has 0 fully saturated rings. The summed E-state index contributed by atoms with van der Waals surface area (Å²) >= 11 is 0. The zero-order valence-electron chi connectivity index (χ0n) is 5.95. The lowest BCUT2D eigenvalue weighted by Crippen LogP contribution is -1.90. The molecule has 0 aromatic heterocycles. The van der Waals surface area contributed by atoms with E-state index in [9.17, 15) is 5.11 Å². The summed E-state index contributed by atoms with van der Waals surface area (Å²) in [6.45, 7) is 3.66. The molecule has 1 atom stereocenters. The first-order chi connectivity index (χ1) is 5.29. The first-order valence-corrected chi connectivity index (χ1v) is 3.42. The fourth-order valence-electron chi connectivity index (χ4n) is 1.23. The summed E-state index contributed by atoms with van der Waals surface area (Å²) in [4.78, 5) is 0. The predicted molar refractivity (Wildman–Crippen MR) is 41.5 cm³/mol. The van der Waals surface area contributed by atoms with Gasteiger partial charge in [-0.1, -0.05) is 30.8 Å². The van der Waals surface area contributed by atoms with Crippen molar-refractivity contribution < 1.29 is 9.84 Å². The van der Waals surface area contributed by atoms with E-state index in [1.54, 1.807) is 0 Å². The Hall–Kier alpha value is -1.28. The normalized spacial score (nSPS) is 21.2. The van der Waals surface area contributed by atoms with Gasteiger partial charge in [-0.2, -0.15) is 0 Å². The van der Waals surface area contributed by atoms with Crippen LogP contribution in [0.3, 0.4) is 0 Å². The molecular formula is C9H8O2. The molecule has 1 aromatic rings. The highest BCUT2D eigenvalue weighted by Gasteiger charge is 2.23. The monoisotopic (exact) mass is 148 g/mol. The number of rotatable bonds is 0. The zero-order valence-corrected chi connectivity index (χ0v) is 5.95. The first kappa shape index (κ1) is 6.43.